The maximum atomic E-state index is 5.84. The smallest absolute Gasteiger partial charge is 0.219 e. The molecule has 0 radical (unpaired) electrons. The van der Waals surface area contributed by atoms with Crippen LogP contribution in [-0.4, -0.2) is 11.2 Å². The number of nitrogens with zero attached hydrogens (tertiary/aromatic N) is 1. The fourth-order valence-electron chi connectivity index (χ4n) is 1.58. The Kier molecular flexibility index (Phi) is 4.23. The molecule has 18 heavy (non-hydrogen) atoms. The molecule has 0 aliphatic carbocycles. The van der Waals surface area contributed by atoms with E-state index >= 15 is 0 Å². The Morgan fingerprint density at radius 1 is 1.28 bits per heavy atom. The molecule has 1 aromatic carbocycles. The molecule has 0 fully saturated rings. The number of thioether (sulfide) groups is 1. The molecule has 0 unspecified atom stereocenters. The van der Waals surface area contributed by atoms with E-state index in [4.69, 9.17) is 10.5 Å². The minimum Gasteiger partial charge on any atom is -0.438 e. The second kappa shape index (κ2) is 5.89. The molecular weight excluding hydrogens is 244 g/mol. The molecule has 2 rings (SSSR count). The average molecular weight is 260 g/mol. The van der Waals surface area contributed by atoms with Gasteiger partial charge in [-0.1, -0.05) is 12.1 Å². The lowest BCUT2D eigenvalue weighted by molar-refractivity contribution is 0.451. The third-order valence-electron chi connectivity index (χ3n) is 2.57. The van der Waals surface area contributed by atoms with Crippen LogP contribution in [0.1, 0.15) is 18.5 Å². The molecular formula is C14H16N2OS. The summed E-state index contributed by atoms with van der Waals surface area (Å²) in [5.74, 6) is 1.39. The predicted octanol–water partition coefficient (Wildman–Crippen LogP) is 3.62. The van der Waals surface area contributed by atoms with Crippen molar-refractivity contribution < 1.29 is 4.74 Å². The highest BCUT2D eigenvalue weighted by atomic mass is 32.2. The van der Waals surface area contributed by atoms with Gasteiger partial charge in [0.25, 0.3) is 0 Å². The summed E-state index contributed by atoms with van der Waals surface area (Å²) in [4.78, 5) is 5.29. The molecule has 1 heterocycles. The Labute approximate surface area is 111 Å². The summed E-state index contributed by atoms with van der Waals surface area (Å²) < 4.78 is 5.80. The van der Waals surface area contributed by atoms with Crippen LogP contribution in [0.5, 0.6) is 11.6 Å². The summed E-state index contributed by atoms with van der Waals surface area (Å²) in [5.41, 5.74) is 6.86. The fraction of sp³-hybridized carbons (Fsp3) is 0.214. The minimum atomic E-state index is -0.0221. The Morgan fingerprint density at radius 3 is 2.78 bits per heavy atom. The Morgan fingerprint density at radius 2 is 2.06 bits per heavy atom. The molecule has 0 saturated carbocycles. The number of aromatic nitrogens is 1. The summed E-state index contributed by atoms with van der Waals surface area (Å²) in [6, 6.07) is 11.7. The highest BCUT2D eigenvalue weighted by Gasteiger charge is 2.06. The van der Waals surface area contributed by atoms with Crippen molar-refractivity contribution in [3.63, 3.8) is 0 Å². The molecule has 0 spiro atoms. The van der Waals surface area contributed by atoms with Crippen LogP contribution in [-0.2, 0) is 0 Å². The number of para-hydroxylation sites is 1. The normalized spacial score (nSPS) is 12.2. The van der Waals surface area contributed by atoms with Crippen LogP contribution in [0.15, 0.2) is 47.5 Å². The van der Waals surface area contributed by atoms with Crippen molar-refractivity contribution in [3.05, 3.63) is 48.2 Å². The van der Waals surface area contributed by atoms with E-state index in [2.05, 4.69) is 4.98 Å². The summed E-state index contributed by atoms with van der Waals surface area (Å²) in [6.07, 6.45) is 3.74. The Hall–Kier alpha value is -1.52. The molecule has 0 aliphatic rings. The first kappa shape index (κ1) is 12.9. The third-order valence-corrected chi connectivity index (χ3v) is 3.35. The highest BCUT2D eigenvalue weighted by molar-refractivity contribution is 7.98. The van der Waals surface area contributed by atoms with E-state index in [9.17, 15) is 0 Å². The highest BCUT2D eigenvalue weighted by Crippen LogP contribution is 2.30. The van der Waals surface area contributed by atoms with Gasteiger partial charge in [-0.3, -0.25) is 0 Å². The number of hydrogen-bond acceptors (Lipinski definition) is 4. The van der Waals surface area contributed by atoms with Crippen LogP contribution in [0.4, 0.5) is 0 Å². The Bertz CT molecular complexity index is 529. The van der Waals surface area contributed by atoms with Gasteiger partial charge in [-0.25, -0.2) is 4.98 Å². The van der Waals surface area contributed by atoms with Crippen molar-refractivity contribution in [2.75, 3.05) is 6.26 Å². The van der Waals surface area contributed by atoms with Gasteiger partial charge in [0.2, 0.25) is 5.88 Å². The van der Waals surface area contributed by atoms with Gasteiger partial charge in [-0.05, 0) is 36.9 Å². The summed E-state index contributed by atoms with van der Waals surface area (Å²) in [6.45, 7) is 1.94. The van der Waals surface area contributed by atoms with Crippen LogP contribution in [0.3, 0.4) is 0 Å². The predicted molar refractivity (Wildman–Crippen MR) is 75.1 cm³/mol. The van der Waals surface area contributed by atoms with E-state index in [0.717, 1.165) is 16.2 Å². The van der Waals surface area contributed by atoms with Crippen LogP contribution in [0.2, 0.25) is 0 Å². The van der Waals surface area contributed by atoms with Gasteiger partial charge in [0.05, 0.1) is 0 Å². The number of hydrogen-bond donors (Lipinski definition) is 1. The average Bonchev–Trinajstić information content (AvgIpc) is 2.39. The fourth-order valence-corrected chi connectivity index (χ4v) is 2.11. The molecule has 2 N–H and O–H groups in total. The molecule has 94 valence electrons. The zero-order chi connectivity index (χ0) is 13.0. The lowest BCUT2D eigenvalue weighted by atomic mass is 10.1. The van der Waals surface area contributed by atoms with Gasteiger partial charge in [0.15, 0.2) is 0 Å². The zero-order valence-electron chi connectivity index (χ0n) is 10.5. The molecule has 0 saturated heterocycles. The minimum absolute atomic E-state index is 0.0221. The van der Waals surface area contributed by atoms with Crippen molar-refractivity contribution >= 4 is 11.8 Å². The number of nitrogens with two attached hydrogens (primary N) is 1. The van der Waals surface area contributed by atoms with E-state index < -0.39 is 0 Å². The first-order valence-electron chi connectivity index (χ1n) is 5.73. The quantitative estimate of drug-likeness (QED) is 0.853. The van der Waals surface area contributed by atoms with Gasteiger partial charge < -0.3 is 10.5 Å². The van der Waals surface area contributed by atoms with Crippen molar-refractivity contribution in [2.24, 2.45) is 5.73 Å². The van der Waals surface area contributed by atoms with E-state index in [1.165, 1.54) is 0 Å². The molecule has 3 nitrogen and oxygen atoms in total. The molecule has 1 aromatic heterocycles. The van der Waals surface area contributed by atoms with Gasteiger partial charge in [-0.2, -0.15) is 0 Å². The van der Waals surface area contributed by atoms with Crippen molar-refractivity contribution in [1.29, 1.82) is 0 Å². The molecule has 0 amide bonds. The van der Waals surface area contributed by atoms with E-state index in [0.29, 0.717) is 5.88 Å². The van der Waals surface area contributed by atoms with Crippen molar-refractivity contribution in [3.8, 4) is 11.6 Å². The lowest BCUT2D eigenvalue weighted by Crippen LogP contribution is -2.05. The zero-order valence-corrected chi connectivity index (χ0v) is 11.3. The van der Waals surface area contributed by atoms with Gasteiger partial charge in [-0.15, -0.1) is 11.8 Å². The lowest BCUT2D eigenvalue weighted by Gasteiger charge is -2.10. The number of rotatable bonds is 4. The number of benzene rings is 1. The topological polar surface area (TPSA) is 48.1 Å². The monoisotopic (exact) mass is 260 g/mol. The molecule has 1 atom stereocenters. The molecule has 4 heteroatoms. The second-order valence-corrected chi connectivity index (χ2v) is 4.82. The largest absolute Gasteiger partial charge is 0.438 e. The van der Waals surface area contributed by atoms with Gasteiger partial charge >= 0.3 is 0 Å². The first-order valence-corrected chi connectivity index (χ1v) is 6.95. The number of ether oxygens (including phenoxy) is 1. The van der Waals surface area contributed by atoms with Crippen LogP contribution < -0.4 is 10.5 Å². The van der Waals surface area contributed by atoms with Crippen LogP contribution in [0, 0.1) is 0 Å². The summed E-state index contributed by atoms with van der Waals surface area (Å²) in [7, 11) is 0. The maximum Gasteiger partial charge on any atom is 0.219 e. The van der Waals surface area contributed by atoms with E-state index in [1.807, 2.05) is 49.6 Å². The standard InChI is InChI=1S/C14H16N2OS/c1-10(15)11-7-8-16-14(9-11)17-12-5-3-4-6-13(12)18-2/h3-10H,15H2,1-2H3/t10-/m0/s1. The second-order valence-electron chi connectivity index (χ2n) is 3.97. The van der Waals surface area contributed by atoms with Crippen molar-refractivity contribution in [2.45, 2.75) is 17.9 Å². The molecule has 2 aromatic rings. The summed E-state index contributed by atoms with van der Waals surface area (Å²) >= 11 is 1.65. The molecule has 0 aliphatic heterocycles. The Balaban J connectivity index is 2.25. The third kappa shape index (κ3) is 3.03. The van der Waals surface area contributed by atoms with Crippen LogP contribution in [0.25, 0.3) is 0 Å². The van der Waals surface area contributed by atoms with E-state index in [-0.39, 0.29) is 6.04 Å². The van der Waals surface area contributed by atoms with Gasteiger partial charge in [0, 0.05) is 23.2 Å². The van der Waals surface area contributed by atoms with Crippen molar-refractivity contribution in [1.82, 2.24) is 4.98 Å². The van der Waals surface area contributed by atoms with E-state index in [1.54, 1.807) is 18.0 Å². The SMILES string of the molecule is CSc1ccccc1Oc1cc([C@H](C)N)ccn1. The van der Waals surface area contributed by atoms with Gasteiger partial charge in [0.1, 0.15) is 5.75 Å². The maximum absolute atomic E-state index is 5.84. The summed E-state index contributed by atoms with van der Waals surface area (Å²) in [5, 5.41) is 0. The first-order chi connectivity index (χ1) is 8.70. The number of pyridine rings is 1. The van der Waals surface area contributed by atoms with Crippen LogP contribution >= 0.6 is 11.8 Å². The molecule has 0 bridgehead atoms.